The van der Waals surface area contributed by atoms with Crippen LogP contribution in [0.15, 0.2) is 36.4 Å². The molecule has 0 bridgehead atoms. The van der Waals surface area contributed by atoms with Gasteiger partial charge in [-0.25, -0.2) is 4.39 Å². The van der Waals surface area contributed by atoms with Gasteiger partial charge < -0.3 is 15.2 Å². The summed E-state index contributed by atoms with van der Waals surface area (Å²) in [6, 6.07) is 8.42. The highest BCUT2D eigenvalue weighted by molar-refractivity contribution is 6.06. The van der Waals surface area contributed by atoms with E-state index in [9.17, 15) is 14.3 Å². The number of aryl methyl sites for hydroxylation is 1. The third-order valence-electron chi connectivity index (χ3n) is 2.88. The van der Waals surface area contributed by atoms with Crippen LogP contribution in [-0.4, -0.2) is 18.1 Å². The van der Waals surface area contributed by atoms with Crippen LogP contribution in [0.5, 0.6) is 11.5 Å². The maximum Gasteiger partial charge on any atom is 0.259 e. The number of phenols is 1. The number of nitrogens with one attached hydrogen (secondary N) is 1. The van der Waals surface area contributed by atoms with E-state index in [-0.39, 0.29) is 17.1 Å². The van der Waals surface area contributed by atoms with Gasteiger partial charge in [-0.3, -0.25) is 4.79 Å². The van der Waals surface area contributed by atoms with Crippen molar-refractivity contribution in [1.82, 2.24) is 0 Å². The van der Waals surface area contributed by atoms with Crippen molar-refractivity contribution < 1.29 is 19.0 Å². The number of aromatic hydroxyl groups is 1. The Balaban J connectivity index is 2.28. The number of benzene rings is 2. The van der Waals surface area contributed by atoms with Crippen molar-refractivity contribution in [2.24, 2.45) is 0 Å². The van der Waals surface area contributed by atoms with Crippen LogP contribution in [0.25, 0.3) is 0 Å². The zero-order chi connectivity index (χ0) is 14.7. The van der Waals surface area contributed by atoms with Crippen LogP contribution in [0.3, 0.4) is 0 Å². The Labute approximate surface area is 115 Å². The monoisotopic (exact) mass is 275 g/mol. The molecule has 5 heteroatoms. The molecule has 2 N–H and O–H groups in total. The maximum absolute atomic E-state index is 13.0. The highest BCUT2D eigenvalue weighted by atomic mass is 19.1. The second-order valence-corrected chi connectivity index (χ2v) is 4.30. The zero-order valence-corrected chi connectivity index (χ0v) is 11.1. The van der Waals surface area contributed by atoms with Gasteiger partial charge in [0.15, 0.2) is 0 Å². The molecule has 0 saturated carbocycles. The number of halogens is 1. The van der Waals surface area contributed by atoms with Crippen molar-refractivity contribution in [2.75, 3.05) is 12.4 Å². The first-order valence-corrected chi connectivity index (χ1v) is 5.96. The summed E-state index contributed by atoms with van der Waals surface area (Å²) in [7, 11) is 1.47. The van der Waals surface area contributed by atoms with E-state index in [0.29, 0.717) is 17.0 Å². The summed E-state index contributed by atoms with van der Waals surface area (Å²) in [5.41, 5.74) is 1.17. The molecule has 0 aliphatic rings. The van der Waals surface area contributed by atoms with Crippen molar-refractivity contribution in [3.8, 4) is 11.5 Å². The standard InChI is InChI=1S/C15H14FNO3/c1-9-7-10(16)3-5-13(9)17-15(19)12-8-11(20-2)4-6-14(12)18/h3-8,18H,1-2H3,(H,17,19). The first-order valence-electron chi connectivity index (χ1n) is 5.96. The Morgan fingerprint density at radius 1 is 1.25 bits per heavy atom. The number of carbonyl (C=O) groups excluding carboxylic acids is 1. The summed E-state index contributed by atoms with van der Waals surface area (Å²) in [6.45, 7) is 1.68. The average molecular weight is 275 g/mol. The molecule has 0 saturated heterocycles. The molecule has 0 unspecified atom stereocenters. The molecule has 2 rings (SSSR count). The summed E-state index contributed by atoms with van der Waals surface area (Å²) in [4.78, 5) is 12.1. The van der Waals surface area contributed by atoms with E-state index < -0.39 is 5.91 Å². The van der Waals surface area contributed by atoms with Gasteiger partial charge in [-0.15, -0.1) is 0 Å². The molecule has 0 atom stereocenters. The van der Waals surface area contributed by atoms with Crippen LogP contribution in [-0.2, 0) is 0 Å². The van der Waals surface area contributed by atoms with Gasteiger partial charge >= 0.3 is 0 Å². The lowest BCUT2D eigenvalue weighted by atomic mass is 10.1. The van der Waals surface area contributed by atoms with Crippen LogP contribution >= 0.6 is 0 Å². The summed E-state index contributed by atoms with van der Waals surface area (Å²) < 4.78 is 18.0. The van der Waals surface area contributed by atoms with Gasteiger partial charge in [-0.2, -0.15) is 0 Å². The molecule has 1 amide bonds. The molecule has 0 fully saturated rings. The minimum atomic E-state index is -0.490. The molecule has 2 aromatic rings. The number of hydrogen-bond donors (Lipinski definition) is 2. The number of methoxy groups -OCH3 is 1. The molecule has 0 aliphatic heterocycles. The lowest BCUT2D eigenvalue weighted by Crippen LogP contribution is -2.13. The molecular formula is C15H14FNO3. The van der Waals surface area contributed by atoms with E-state index in [2.05, 4.69) is 5.32 Å². The summed E-state index contributed by atoms with van der Waals surface area (Å²) in [5, 5.41) is 12.3. The van der Waals surface area contributed by atoms with Crippen LogP contribution in [0, 0.1) is 12.7 Å². The lowest BCUT2D eigenvalue weighted by molar-refractivity contribution is 0.102. The quantitative estimate of drug-likeness (QED) is 0.905. The zero-order valence-electron chi connectivity index (χ0n) is 11.1. The molecule has 20 heavy (non-hydrogen) atoms. The van der Waals surface area contributed by atoms with Crippen molar-refractivity contribution in [2.45, 2.75) is 6.92 Å². The number of amides is 1. The average Bonchev–Trinajstić information content (AvgIpc) is 2.42. The molecule has 0 heterocycles. The first-order chi connectivity index (χ1) is 9.51. The van der Waals surface area contributed by atoms with E-state index in [0.717, 1.165) is 0 Å². The Bertz CT molecular complexity index is 656. The number of hydrogen-bond acceptors (Lipinski definition) is 3. The number of carbonyl (C=O) groups is 1. The van der Waals surface area contributed by atoms with Gasteiger partial charge in [0.2, 0.25) is 0 Å². The predicted octanol–water partition coefficient (Wildman–Crippen LogP) is 3.10. The first kappa shape index (κ1) is 13.9. The third kappa shape index (κ3) is 2.88. The number of phenolic OH excluding ortho intramolecular Hbond substituents is 1. The molecule has 0 aliphatic carbocycles. The Morgan fingerprint density at radius 3 is 2.65 bits per heavy atom. The smallest absolute Gasteiger partial charge is 0.259 e. The normalized spacial score (nSPS) is 10.2. The predicted molar refractivity (Wildman–Crippen MR) is 73.7 cm³/mol. The summed E-state index contributed by atoms with van der Waals surface area (Å²) in [6.07, 6.45) is 0. The van der Waals surface area contributed by atoms with E-state index in [1.807, 2.05) is 0 Å². The molecule has 0 spiro atoms. The Hall–Kier alpha value is -2.56. The van der Waals surface area contributed by atoms with Crippen LogP contribution in [0.1, 0.15) is 15.9 Å². The fraction of sp³-hybridized carbons (Fsp3) is 0.133. The maximum atomic E-state index is 13.0. The van der Waals surface area contributed by atoms with E-state index >= 15 is 0 Å². The highest BCUT2D eigenvalue weighted by Crippen LogP contribution is 2.24. The third-order valence-corrected chi connectivity index (χ3v) is 2.88. The van der Waals surface area contributed by atoms with Gasteiger partial charge in [-0.05, 0) is 48.9 Å². The van der Waals surface area contributed by atoms with Crippen LogP contribution < -0.4 is 10.1 Å². The van der Waals surface area contributed by atoms with Crippen LogP contribution in [0.2, 0.25) is 0 Å². The van der Waals surface area contributed by atoms with Gasteiger partial charge in [0.05, 0.1) is 12.7 Å². The SMILES string of the molecule is COc1ccc(O)c(C(=O)Nc2ccc(F)cc2C)c1. The van der Waals surface area contributed by atoms with E-state index in [1.165, 1.54) is 37.4 Å². The van der Waals surface area contributed by atoms with Gasteiger partial charge in [0, 0.05) is 5.69 Å². The molecular weight excluding hydrogens is 261 g/mol. The van der Waals surface area contributed by atoms with Crippen molar-refractivity contribution in [3.63, 3.8) is 0 Å². The number of ether oxygens (including phenoxy) is 1. The summed E-state index contributed by atoms with van der Waals surface area (Å²) in [5.74, 6) is -0.548. The summed E-state index contributed by atoms with van der Waals surface area (Å²) >= 11 is 0. The Kier molecular flexibility index (Phi) is 3.89. The minimum absolute atomic E-state index is 0.0908. The molecule has 4 nitrogen and oxygen atoms in total. The van der Waals surface area contributed by atoms with Crippen LogP contribution in [0.4, 0.5) is 10.1 Å². The Morgan fingerprint density at radius 2 is 2.00 bits per heavy atom. The molecule has 0 aromatic heterocycles. The van der Waals surface area contributed by atoms with Gasteiger partial charge in [-0.1, -0.05) is 0 Å². The second-order valence-electron chi connectivity index (χ2n) is 4.30. The van der Waals surface area contributed by atoms with E-state index in [4.69, 9.17) is 4.74 Å². The number of rotatable bonds is 3. The van der Waals surface area contributed by atoms with Gasteiger partial charge in [0.1, 0.15) is 17.3 Å². The fourth-order valence-corrected chi connectivity index (χ4v) is 1.78. The van der Waals surface area contributed by atoms with Gasteiger partial charge in [0.25, 0.3) is 5.91 Å². The number of anilines is 1. The fourth-order valence-electron chi connectivity index (χ4n) is 1.78. The second kappa shape index (κ2) is 5.61. The molecule has 0 radical (unpaired) electrons. The minimum Gasteiger partial charge on any atom is -0.507 e. The molecule has 2 aromatic carbocycles. The van der Waals surface area contributed by atoms with Crippen molar-refractivity contribution in [1.29, 1.82) is 0 Å². The van der Waals surface area contributed by atoms with E-state index in [1.54, 1.807) is 13.0 Å². The molecule has 104 valence electrons. The van der Waals surface area contributed by atoms with Crippen molar-refractivity contribution in [3.05, 3.63) is 53.3 Å². The van der Waals surface area contributed by atoms with Crippen molar-refractivity contribution >= 4 is 11.6 Å². The lowest BCUT2D eigenvalue weighted by Gasteiger charge is -2.10. The largest absolute Gasteiger partial charge is 0.507 e. The highest BCUT2D eigenvalue weighted by Gasteiger charge is 2.13. The topological polar surface area (TPSA) is 58.6 Å².